The summed E-state index contributed by atoms with van der Waals surface area (Å²) in [4.78, 5) is 21.4. The summed E-state index contributed by atoms with van der Waals surface area (Å²) in [6, 6.07) is 8.17. The maximum Gasteiger partial charge on any atom is 0.216 e. The van der Waals surface area contributed by atoms with Gasteiger partial charge < -0.3 is 10.5 Å². The van der Waals surface area contributed by atoms with Crippen molar-refractivity contribution in [1.82, 2.24) is 9.88 Å². The Balaban J connectivity index is 1.80. The Labute approximate surface area is 169 Å². The molecule has 1 fully saturated rings. The molecule has 2 aliphatic rings. The van der Waals surface area contributed by atoms with E-state index < -0.39 is 0 Å². The second-order valence-corrected chi connectivity index (χ2v) is 7.88. The second-order valence-electron chi connectivity index (χ2n) is 7.45. The zero-order valence-corrected chi connectivity index (χ0v) is 16.5. The lowest BCUT2D eigenvalue weighted by Crippen LogP contribution is -2.39. The number of carbonyl (C=O) groups excluding carboxylic acids is 1. The maximum atomic E-state index is 11.1. The van der Waals surface area contributed by atoms with Crippen LogP contribution >= 0.6 is 11.6 Å². The highest BCUT2D eigenvalue weighted by molar-refractivity contribution is 6.30. The Bertz CT molecular complexity index is 917. The number of carbonyl (C=O) groups is 1. The molecular formula is C21H23ClN4O2. The lowest BCUT2D eigenvalue weighted by atomic mass is 9.70. The van der Waals surface area contributed by atoms with Gasteiger partial charge in [-0.3, -0.25) is 14.7 Å². The van der Waals surface area contributed by atoms with Crippen LogP contribution in [0.1, 0.15) is 23.6 Å². The van der Waals surface area contributed by atoms with Crippen molar-refractivity contribution in [3.8, 4) is 11.1 Å². The minimum atomic E-state index is -0.149. The van der Waals surface area contributed by atoms with Crippen molar-refractivity contribution in [2.24, 2.45) is 22.6 Å². The highest BCUT2D eigenvalue weighted by Crippen LogP contribution is 2.45. The number of benzene rings is 1. The van der Waals surface area contributed by atoms with Gasteiger partial charge >= 0.3 is 0 Å². The van der Waals surface area contributed by atoms with Crippen molar-refractivity contribution < 1.29 is 9.53 Å². The molecule has 4 rings (SSSR count). The molecule has 1 aromatic heterocycles. The van der Waals surface area contributed by atoms with Gasteiger partial charge in [-0.2, -0.15) is 0 Å². The second kappa shape index (κ2) is 7.89. The van der Waals surface area contributed by atoms with Crippen molar-refractivity contribution >= 4 is 24.0 Å². The maximum absolute atomic E-state index is 11.1. The molecule has 2 aromatic rings. The average Bonchev–Trinajstić information content (AvgIpc) is 2.72. The molecule has 1 aliphatic heterocycles. The molecule has 7 heteroatoms. The lowest BCUT2D eigenvalue weighted by Gasteiger charge is -2.41. The molecule has 2 unspecified atom stereocenters. The summed E-state index contributed by atoms with van der Waals surface area (Å²) >= 11 is 6.12. The van der Waals surface area contributed by atoms with E-state index in [1.165, 1.54) is 10.5 Å². The summed E-state index contributed by atoms with van der Waals surface area (Å²) in [7, 11) is 1.61. The number of amides is 1. The molecule has 3 atom stereocenters. The van der Waals surface area contributed by atoms with Crippen LogP contribution in [-0.2, 0) is 16.0 Å². The highest BCUT2D eigenvalue weighted by Gasteiger charge is 2.39. The number of guanidine groups is 1. The minimum Gasteiger partial charge on any atom is -0.381 e. The number of rotatable bonds is 3. The molecule has 1 saturated heterocycles. The predicted molar refractivity (Wildman–Crippen MR) is 109 cm³/mol. The van der Waals surface area contributed by atoms with E-state index in [1.807, 2.05) is 6.07 Å². The SMILES string of the molecule is CN(C=O)/C(N)=N\C1c2cc(-c3cncc(Cl)c3)ccc2CC2CCOC[C@@H]21. The molecule has 0 saturated carbocycles. The smallest absolute Gasteiger partial charge is 0.216 e. The third-order valence-electron chi connectivity index (χ3n) is 5.73. The van der Waals surface area contributed by atoms with Gasteiger partial charge in [0.2, 0.25) is 6.41 Å². The first-order valence-electron chi connectivity index (χ1n) is 9.39. The topological polar surface area (TPSA) is 80.8 Å². The molecule has 146 valence electrons. The van der Waals surface area contributed by atoms with Crippen molar-refractivity contribution in [3.63, 3.8) is 0 Å². The highest BCUT2D eigenvalue weighted by atomic mass is 35.5. The normalized spacial score (nSPS) is 24.2. The molecule has 6 nitrogen and oxygen atoms in total. The van der Waals surface area contributed by atoms with Crippen LogP contribution in [-0.4, -0.2) is 42.5 Å². The van der Waals surface area contributed by atoms with E-state index in [1.54, 1.807) is 19.4 Å². The molecule has 1 aromatic carbocycles. The molecule has 0 spiro atoms. The van der Waals surface area contributed by atoms with Crippen LogP contribution in [0, 0.1) is 11.8 Å². The molecule has 28 heavy (non-hydrogen) atoms. The number of hydrogen-bond donors (Lipinski definition) is 1. The number of aromatic nitrogens is 1. The number of halogens is 1. The van der Waals surface area contributed by atoms with Crippen LogP contribution in [0.3, 0.4) is 0 Å². The fraction of sp³-hybridized carbons (Fsp3) is 0.381. The molecule has 0 bridgehead atoms. The Kier molecular flexibility index (Phi) is 5.33. The Morgan fingerprint density at radius 3 is 3.00 bits per heavy atom. The van der Waals surface area contributed by atoms with E-state index in [-0.39, 0.29) is 17.9 Å². The van der Waals surface area contributed by atoms with Crippen molar-refractivity contribution in [1.29, 1.82) is 0 Å². The fourth-order valence-electron chi connectivity index (χ4n) is 4.18. The van der Waals surface area contributed by atoms with Crippen LogP contribution in [0.4, 0.5) is 0 Å². The predicted octanol–water partition coefficient (Wildman–Crippen LogP) is 3.05. The molecule has 2 heterocycles. The number of hydrogen-bond acceptors (Lipinski definition) is 4. The van der Waals surface area contributed by atoms with Gasteiger partial charge in [-0.15, -0.1) is 0 Å². The molecular weight excluding hydrogens is 376 g/mol. The van der Waals surface area contributed by atoms with Gasteiger partial charge in [-0.05, 0) is 47.6 Å². The fourth-order valence-corrected chi connectivity index (χ4v) is 4.35. The zero-order chi connectivity index (χ0) is 19.7. The minimum absolute atomic E-state index is 0.149. The van der Waals surface area contributed by atoms with E-state index in [0.717, 1.165) is 36.1 Å². The lowest BCUT2D eigenvalue weighted by molar-refractivity contribution is -0.114. The average molecular weight is 399 g/mol. The molecule has 1 amide bonds. The van der Waals surface area contributed by atoms with Gasteiger partial charge in [0.1, 0.15) is 0 Å². The van der Waals surface area contributed by atoms with Crippen LogP contribution in [0.15, 0.2) is 41.7 Å². The van der Waals surface area contributed by atoms with Gasteiger partial charge in [0.25, 0.3) is 0 Å². The van der Waals surface area contributed by atoms with Gasteiger partial charge in [-0.25, -0.2) is 4.99 Å². The number of nitrogens with zero attached hydrogens (tertiary/aromatic N) is 3. The summed E-state index contributed by atoms with van der Waals surface area (Å²) < 4.78 is 5.76. The third kappa shape index (κ3) is 3.62. The Hall–Kier alpha value is -2.44. The summed E-state index contributed by atoms with van der Waals surface area (Å²) in [6.07, 6.45) is 6.12. The van der Waals surface area contributed by atoms with E-state index in [4.69, 9.17) is 27.1 Å². The summed E-state index contributed by atoms with van der Waals surface area (Å²) in [5.74, 6) is 0.961. The van der Waals surface area contributed by atoms with Crippen LogP contribution in [0.5, 0.6) is 0 Å². The van der Waals surface area contributed by atoms with Crippen LogP contribution in [0.25, 0.3) is 11.1 Å². The number of ether oxygens (including phenoxy) is 1. The molecule has 2 N–H and O–H groups in total. The van der Waals surface area contributed by atoms with Crippen LogP contribution in [0.2, 0.25) is 5.02 Å². The van der Waals surface area contributed by atoms with Gasteiger partial charge in [0.15, 0.2) is 5.96 Å². The summed E-state index contributed by atoms with van der Waals surface area (Å²) in [6.45, 7) is 1.43. The molecule has 0 radical (unpaired) electrons. The van der Waals surface area contributed by atoms with Crippen molar-refractivity contribution in [2.45, 2.75) is 18.9 Å². The van der Waals surface area contributed by atoms with Gasteiger partial charge in [0.05, 0.1) is 17.7 Å². The van der Waals surface area contributed by atoms with Crippen LogP contribution < -0.4 is 5.73 Å². The first kappa shape index (κ1) is 18.9. The van der Waals surface area contributed by atoms with Gasteiger partial charge in [0, 0.05) is 37.5 Å². The van der Waals surface area contributed by atoms with Crippen molar-refractivity contribution in [2.75, 3.05) is 20.3 Å². The first-order chi connectivity index (χ1) is 13.6. The zero-order valence-electron chi connectivity index (χ0n) is 15.7. The summed E-state index contributed by atoms with van der Waals surface area (Å²) in [5, 5.41) is 0.599. The van der Waals surface area contributed by atoms with E-state index in [2.05, 4.69) is 23.2 Å². The van der Waals surface area contributed by atoms with Gasteiger partial charge in [-0.1, -0.05) is 23.7 Å². The largest absolute Gasteiger partial charge is 0.381 e. The quantitative estimate of drug-likeness (QED) is 0.489. The van der Waals surface area contributed by atoms with Crippen molar-refractivity contribution in [3.05, 3.63) is 52.8 Å². The standard InChI is InChI=1S/C21H23ClN4O2/c1-26(12-27)21(23)25-20-18-8-13(16-7-17(22)10-24-9-16)2-3-14(18)6-15-4-5-28-11-19(15)20/h2-3,7-10,12,15,19-20H,4-6,11H2,1H3,(H2,23,25)/t15?,19-,20?/m0/s1. The first-order valence-corrected chi connectivity index (χ1v) is 9.77. The summed E-state index contributed by atoms with van der Waals surface area (Å²) in [5.41, 5.74) is 10.5. The van der Waals surface area contributed by atoms with E-state index >= 15 is 0 Å². The monoisotopic (exact) mass is 398 g/mol. The van der Waals surface area contributed by atoms with E-state index in [9.17, 15) is 4.79 Å². The number of fused-ring (bicyclic) bond motifs is 2. The number of nitrogens with two attached hydrogens (primary N) is 1. The van der Waals surface area contributed by atoms with E-state index in [0.29, 0.717) is 24.0 Å². The number of aliphatic imine (C=N–C) groups is 1. The molecule has 1 aliphatic carbocycles. The third-order valence-corrected chi connectivity index (χ3v) is 5.94. The Morgan fingerprint density at radius 2 is 2.21 bits per heavy atom. The Morgan fingerprint density at radius 1 is 1.36 bits per heavy atom. The number of pyridine rings is 1.